The predicted molar refractivity (Wildman–Crippen MR) is 86.5 cm³/mol. The molecule has 110 valence electrons. The first-order valence-corrected chi connectivity index (χ1v) is 7.34. The van der Waals surface area contributed by atoms with Gasteiger partial charge in [-0.05, 0) is 54.0 Å². The van der Waals surface area contributed by atoms with E-state index in [1.165, 1.54) is 27.8 Å². The first-order valence-electron chi connectivity index (χ1n) is 7.34. The SMILES string of the molecule is Cc1ccc(-c2ccc(CC(C)CC(=O)O)cc2)cc1C. The number of hydrogen-bond acceptors (Lipinski definition) is 1. The summed E-state index contributed by atoms with van der Waals surface area (Å²) in [5, 5.41) is 8.80. The smallest absolute Gasteiger partial charge is 0.303 e. The Bertz CT molecular complexity index is 627. The summed E-state index contributed by atoms with van der Waals surface area (Å²) in [7, 11) is 0. The molecule has 0 amide bonds. The number of carboxylic acids is 1. The Kier molecular flexibility index (Phi) is 4.79. The van der Waals surface area contributed by atoms with E-state index in [1.54, 1.807) is 0 Å². The molecule has 0 saturated carbocycles. The molecule has 1 atom stereocenters. The van der Waals surface area contributed by atoms with Gasteiger partial charge in [-0.2, -0.15) is 0 Å². The minimum absolute atomic E-state index is 0.162. The summed E-state index contributed by atoms with van der Waals surface area (Å²) >= 11 is 0. The fraction of sp³-hybridized carbons (Fsp3) is 0.316. The molecule has 0 radical (unpaired) electrons. The van der Waals surface area contributed by atoms with Gasteiger partial charge in [0.25, 0.3) is 0 Å². The summed E-state index contributed by atoms with van der Waals surface area (Å²) in [6.07, 6.45) is 1.03. The van der Waals surface area contributed by atoms with E-state index in [-0.39, 0.29) is 12.3 Å². The highest BCUT2D eigenvalue weighted by Crippen LogP contribution is 2.23. The Balaban J connectivity index is 2.11. The third-order valence-electron chi connectivity index (χ3n) is 3.90. The Morgan fingerprint density at radius 2 is 1.62 bits per heavy atom. The van der Waals surface area contributed by atoms with Crippen LogP contribution in [-0.4, -0.2) is 11.1 Å². The van der Waals surface area contributed by atoms with Gasteiger partial charge in [0.15, 0.2) is 0 Å². The fourth-order valence-corrected chi connectivity index (χ4v) is 2.53. The highest BCUT2D eigenvalue weighted by Gasteiger charge is 2.08. The standard InChI is InChI=1S/C19H22O2/c1-13(11-19(20)21)10-16-5-8-17(9-6-16)18-7-4-14(2)15(3)12-18/h4-9,12-13H,10-11H2,1-3H3,(H,20,21). The Morgan fingerprint density at radius 3 is 2.19 bits per heavy atom. The lowest BCUT2D eigenvalue weighted by atomic mass is 9.95. The first kappa shape index (κ1) is 15.3. The van der Waals surface area contributed by atoms with Crippen molar-refractivity contribution in [2.75, 3.05) is 0 Å². The van der Waals surface area contributed by atoms with Crippen LogP contribution in [0.5, 0.6) is 0 Å². The number of aryl methyl sites for hydroxylation is 2. The lowest BCUT2D eigenvalue weighted by molar-refractivity contribution is -0.137. The second-order valence-corrected chi connectivity index (χ2v) is 5.90. The second kappa shape index (κ2) is 6.57. The van der Waals surface area contributed by atoms with E-state index >= 15 is 0 Å². The van der Waals surface area contributed by atoms with Crippen molar-refractivity contribution in [1.82, 2.24) is 0 Å². The maximum Gasteiger partial charge on any atom is 0.303 e. The van der Waals surface area contributed by atoms with Crippen molar-refractivity contribution in [3.8, 4) is 11.1 Å². The molecule has 2 aromatic rings. The summed E-state index contributed by atoms with van der Waals surface area (Å²) in [5.41, 5.74) is 6.22. The van der Waals surface area contributed by atoms with Gasteiger partial charge in [-0.15, -0.1) is 0 Å². The summed E-state index contributed by atoms with van der Waals surface area (Å²) in [6.45, 7) is 6.22. The molecule has 2 rings (SSSR count). The van der Waals surface area contributed by atoms with Gasteiger partial charge >= 0.3 is 5.97 Å². The van der Waals surface area contributed by atoms with Crippen molar-refractivity contribution in [2.45, 2.75) is 33.6 Å². The quantitative estimate of drug-likeness (QED) is 0.868. The third-order valence-corrected chi connectivity index (χ3v) is 3.90. The molecule has 2 heteroatoms. The molecule has 1 N–H and O–H groups in total. The van der Waals surface area contributed by atoms with Crippen LogP contribution in [0.3, 0.4) is 0 Å². The van der Waals surface area contributed by atoms with Crippen LogP contribution in [0.15, 0.2) is 42.5 Å². The van der Waals surface area contributed by atoms with E-state index in [4.69, 9.17) is 5.11 Å². The van der Waals surface area contributed by atoms with Crippen LogP contribution < -0.4 is 0 Å². The molecule has 0 aliphatic carbocycles. The number of carboxylic acid groups (broad SMARTS) is 1. The Morgan fingerprint density at radius 1 is 1.00 bits per heavy atom. The molecular weight excluding hydrogens is 260 g/mol. The normalized spacial score (nSPS) is 12.1. The predicted octanol–water partition coefficient (Wildman–Crippen LogP) is 4.62. The monoisotopic (exact) mass is 282 g/mol. The van der Waals surface area contributed by atoms with Gasteiger partial charge in [-0.3, -0.25) is 4.79 Å². The summed E-state index contributed by atoms with van der Waals surface area (Å²) in [6, 6.07) is 14.9. The van der Waals surface area contributed by atoms with Crippen LogP contribution in [0.25, 0.3) is 11.1 Å². The van der Waals surface area contributed by atoms with Gasteiger partial charge in [-0.1, -0.05) is 49.4 Å². The van der Waals surface area contributed by atoms with Crippen LogP contribution >= 0.6 is 0 Å². The molecule has 2 nitrogen and oxygen atoms in total. The van der Waals surface area contributed by atoms with E-state index in [2.05, 4.69) is 56.3 Å². The molecular formula is C19H22O2. The largest absolute Gasteiger partial charge is 0.481 e. The van der Waals surface area contributed by atoms with Crippen molar-refractivity contribution in [2.24, 2.45) is 5.92 Å². The van der Waals surface area contributed by atoms with Crippen LogP contribution in [0, 0.1) is 19.8 Å². The van der Waals surface area contributed by atoms with Gasteiger partial charge < -0.3 is 5.11 Å². The molecule has 0 fully saturated rings. The van der Waals surface area contributed by atoms with Crippen molar-refractivity contribution >= 4 is 5.97 Å². The zero-order valence-corrected chi connectivity index (χ0v) is 12.9. The zero-order chi connectivity index (χ0) is 15.4. The molecule has 2 aromatic carbocycles. The number of aliphatic carboxylic acids is 1. The third kappa shape index (κ3) is 4.19. The van der Waals surface area contributed by atoms with Gasteiger partial charge in [-0.25, -0.2) is 0 Å². The number of hydrogen-bond donors (Lipinski definition) is 1. The molecule has 0 heterocycles. The van der Waals surface area contributed by atoms with Crippen molar-refractivity contribution < 1.29 is 9.90 Å². The number of benzene rings is 2. The maximum atomic E-state index is 10.7. The minimum atomic E-state index is -0.728. The van der Waals surface area contributed by atoms with Gasteiger partial charge in [0.1, 0.15) is 0 Å². The molecule has 1 unspecified atom stereocenters. The number of rotatable bonds is 5. The van der Waals surface area contributed by atoms with E-state index in [0.29, 0.717) is 0 Å². The molecule has 0 aromatic heterocycles. The first-order chi connectivity index (χ1) is 9.95. The van der Waals surface area contributed by atoms with Crippen LogP contribution in [-0.2, 0) is 11.2 Å². The molecule has 21 heavy (non-hydrogen) atoms. The Hall–Kier alpha value is -2.09. The molecule has 0 bridgehead atoms. The maximum absolute atomic E-state index is 10.7. The summed E-state index contributed by atoms with van der Waals surface area (Å²) in [5.74, 6) is -0.566. The zero-order valence-electron chi connectivity index (χ0n) is 12.9. The van der Waals surface area contributed by atoms with E-state index in [1.807, 2.05) is 6.92 Å². The second-order valence-electron chi connectivity index (χ2n) is 5.90. The molecule has 0 saturated heterocycles. The van der Waals surface area contributed by atoms with Crippen molar-refractivity contribution in [1.29, 1.82) is 0 Å². The molecule has 0 aliphatic heterocycles. The van der Waals surface area contributed by atoms with E-state index < -0.39 is 5.97 Å². The average Bonchev–Trinajstić information content (AvgIpc) is 2.42. The lowest BCUT2D eigenvalue weighted by Gasteiger charge is -2.10. The van der Waals surface area contributed by atoms with Crippen molar-refractivity contribution in [3.05, 3.63) is 59.2 Å². The highest BCUT2D eigenvalue weighted by atomic mass is 16.4. The van der Waals surface area contributed by atoms with Gasteiger partial charge in [0.2, 0.25) is 0 Å². The van der Waals surface area contributed by atoms with Crippen LogP contribution in [0.1, 0.15) is 30.0 Å². The topological polar surface area (TPSA) is 37.3 Å². The molecule has 0 aliphatic rings. The van der Waals surface area contributed by atoms with Crippen LogP contribution in [0.4, 0.5) is 0 Å². The summed E-state index contributed by atoms with van der Waals surface area (Å²) in [4.78, 5) is 10.7. The van der Waals surface area contributed by atoms with E-state index in [9.17, 15) is 4.79 Å². The average molecular weight is 282 g/mol. The summed E-state index contributed by atoms with van der Waals surface area (Å²) < 4.78 is 0. The van der Waals surface area contributed by atoms with Crippen molar-refractivity contribution in [3.63, 3.8) is 0 Å². The van der Waals surface area contributed by atoms with Gasteiger partial charge in [0, 0.05) is 6.42 Å². The fourth-order valence-electron chi connectivity index (χ4n) is 2.53. The van der Waals surface area contributed by atoms with Crippen LogP contribution in [0.2, 0.25) is 0 Å². The van der Waals surface area contributed by atoms with Gasteiger partial charge in [0.05, 0.1) is 0 Å². The van der Waals surface area contributed by atoms with E-state index in [0.717, 1.165) is 6.42 Å². The number of carbonyl (C=O) groups is 1. The lowest BCUT2D eigenvalue weighted by Crippen LogP contribution is -2.06. The highest BCUT2D eigenvalue weighted by molar-refractivity contribution is 5.67. The Labute approximate surface area is 126 Å². The molecule has 0 spiro atoms. The minimum Gasteiger partial charge on any atom is -0.481 e.